The normalized spacial score (nSPS) is 22.2. The fourth-order valence-corrected chi connectivity index (χ4v) is 4.61. The molecule has 0 aliphatic heterocycles. The molecule has 2 aliphatic carbocycles. The number of nitrogens with zero attached hydrogens (tertiary/aromatic N) is 1. The van der Waals surface area contributed by atoms with Gasteiger partial charge >= 0.3 is 5.97 Å². The van der Waals surface area contributed by atoms with Crippen LogP contribution >= 0.6 is 11.8 Å². The van der Waals surface area contributed by atoms with Crippen LogP contribution < -0.4 is 10.5 Å². The molecule has 3 rings (SSSR count). The number of aliphatic hydroxyl groups is 1. The minimum atomic E-state index is -2.04. The largest absolute Gasteiger partial charge is 0.490 e. The van der Waals surface area contributed by atoms with E-state index in [1.54, 1.807) is 18.3 Å². The summed E-state index contributed by atoms with van der Waals surface area (Å²) in [6, 6.07) is 2.65. The molecule has 2 aliphatic rings. The molecule has 6 nitrogen and oxygen atoms in total. The molecule has 2 fully saturated rings. The predicted octanol–water partition coefficient (Wildman–Crippen LogP) is 2.62. The summed E-state index contributed by atoms with van der Waals surface area (Å²) in [6.45, 7) is 1.97. The predicted molar refractivity (Wildman–Crippen MR) is 106 cm³/mol. The molecule has 27 heavy (non-hydrogen) atoms. The van der Waals surface area contributed by atoms with Crippen molar-refractivity contribution in [3.8, 4) is 5.75 Å². The van der Waals surface area contributed by atoms with Gasteiger partial charge in [0.1, 0.15) is 5.75 Å². The van der Waals surface area contributed by atoms with Gasteiger partial charge in [-0.1, -0.05) is 6.92 Å². The van der Waals surface area contributed by atoms with E-state index in [0.717, 1.165) is 18.6 Å². The van der Waals surface area contributed by atoms with E-state index < -0.39 is 17.6 Å². The zero-order valence-electron chi connectivity index (χ0n) is 15.9. The maximum atomic E-state index is 11.7. The van der Waals surface area contributed by atoms with E-state index in [1.807, 2.05) is 6.92 Å². The lowest BCUT2D eigenvalue weighted by Gasteiger charge is -2.30. The molecule has 1 spiro atoms. The third-order valence-corrected chi connectivity index (χ3v) is 6.98. The third-order valence-electron chi connectivity index (χ3n) is 5.98. The molecule has 0 aromatic carbocycles. The molecular formula is C20H30N2O4S. The first-order valence-corrected chi connectivity index (χ1v) is 10.9. The molecule has 2 saturated carbocycles. The Hall–Kier alpha value is -1.31. The van der Waals surface area contributed by atoms with E-state index in [0.29, 0.717) is 22.6 Å². The van der Waals surface area contributed by atoms with Gasteiger partial charge in [0.15, 0.2) is 5.60 Å². The van der Waals surface area contributed by atoms with Crippen LogP contribution in [-0.2, 0) is 11.2 Å². The number of hydrogen-bond acceptors (Lipinski definition) is 6. The van der Waals surface area contributed by atoms with Gasteiger partial charge < -0.3 is 20.7 Å². The topological polar surface area (TPSA) is 106 Å². The molecule has 0 saturated heterocycles. The number of thioether (sulfide) groups is 1. The number of aromatic nitrogens is 1. The summed E-state index contributed by atoms with van der Waals surface area (Å²) in [5.74, 6) is 0.551. The van der Waals surface area contributed by atoms with Crippen LogP contribution in [0.5, 0.6) is 5.75 Å². The highest BCUT2D eigenvalue weighted by molar-refractivity contribution is 7.99. The Labute approximate surface area is 164 Å². The molecule has 1 aromatic heterocycles. The van der Waals surface area contributed by atoms with Gasteiger partial charge in [0.2, 0.25) is 0 Å². The van der Waals surface area contributed by atoms with E-state index in [9.17, 15) is 15.0 Å². The highest BCUT2D eigenvalue weighted by atomic mass is 32.2. The Balaban J connectivity index is 1.63. The van der Waals surface area contributed by atoms with Crippen molar-refractivity contribution in [3.05, 3.63) is 24.0 Å². The van der Waals surface area contributed by atoms with Crippen LogP contribution in [0.25, 0.3) is 0 Å². The monoisotopic (exact) mass is 394 g/mol. The van der Waals surface area contributed by atoms with Gasteiger partial charge in [-0.3, -0.25) is 4.98 Å². The average molecular weight is 395 g/mol. The van der Waals surface area contributed by atoms with Gasteiger partial charge in [-0.15, -0.1) is 0 Å². The summed E-state index contributed by atoms with van der Waals surface area (Å²) in [5.41, 5.74) is 5.05. The quantitative estimate of drug-likeness (QED) is 0.591. The number of hydrogen-bond donors (Lipinski definition) is 3. The number of carboxylic acid groups (broad SMARTS) is 1. The number of pyridine rings is 1. The third kappa shape index (κ3) is 4.95. The highest BCUT2D eigenvalue weighted by Crippen LogP contribution is 2.56. The maximum Gasteiger partial charge on any atom is 0.337 e. The van der Waals surface area contributed by atoms with Gasteiger partial charge in [0.05, 0.1) is 12.1 Å². The second-order valence-corrected chi connectivity index (χ2v) is 9.29. The lowest BCUT2D eigenvalue weighted by Crippen LogP contribution is -2.57. The van der Waals surface area contributed by atoms with Gasteiger partial charge in [0, 0.05) is 30.1 Å². The molecule has 150 valence electrons. The standard InChI is InChI=1S/C20H30N2O4S/c1-2-27-13-17(21)20(25,18(23)24)12-14-11-16(5-10-22-14)26-15-3-6-19(7-4-15)8-9-19/h5,10-11,15,17,25H,2-4,6-9,12-13,21H2,1H3,(H,23,24)/t17?,20-/m1/s1. The minimum absolute atomic E-state index is 0.140. The minimum Gasteiger partial charge on any atom is -0.490 e. The van der Waals surface area contributed by atoms with Gasteiger partial charge in [-0.2, -0.15) is 11.8 Å². The van der Waals surface area contributed by atoms with E-state index in [2.05, 4.69) is 4.98 Å². The fourth-order valence-electron chi connectivity index (χ4n) is 3.84. The zero-order valence-corrected chi connectivity index (χ0v) is 16.7. The first-order chi connectivity index (χ1) is 12.9. The maximum absolute atomic E-state index is 11.7. The number of ether oxygens (including phenoxy) is 1. The van der Waals surface area contributed by atoms with Crippen LogP contribution in [0.15, 0.2) is 18.3 Å². The summed E-state index contributed by atoms with van der Waals surface area (Å²) in [7, 11) is 0. The molecule has 2 atom stereocenters. The van der Waals surface area contributed by atoms with Crippen LogP contribution in [0.4, 0.5) is 0 Å². The van der Waals surface area contributed by atoms with Crippen molar-refractivity contribution < 1.29 is 19.7 Å². The average Bonchev–Trinajstić information content (AvgIpc) is 3.41. The summed E-state index contributed by atoms with van der Waals surface area (Å²) in [4.78, 5) is 15.9. The smallest absolute Gasteiger partial charge is 0.337 e. The van der Waals surface area contributed by atoms with Crippen LogP contribution in [-0.4, -0.2) is 50.4 Å². The Morgan fingerprint density at radius 3 is 2.74 bits per heavy atom. The van der Waals surface area contributed by atoms with Crippen LogP contribution in [0.1, 0.15) is 51.1 Å². The first kappa shape index (κ1) is 20.4. The Morgan fingerprint density at radius 1 is 1.44 bits per heavy atom. The van der Waals surface area contributed by atoms with Gasteiger partial charge in [0.25, 0.3) is 0 Å². The lowest BCUT2D eigenvalue weighted by molar-refractivity contribution is -0.160. The molecular weight excluding hydrogens is 364 g/mol. The van der Waals surface area contributed by atoms with Crippen molar-refractivity contribution in [2.45, 2.75) is 69.6 Å². The fraction of sp³-hybridized carbons (Fsp3) is 0.700. The highest BCUT2D eigenvalue weighted by Gasteiger charge is 2.45. The number of aliphatic carboxylic acids is 1. The van der Waals surface area contributed by atoms with E-state index in [1.165, 1.54) is 37.4 Å². The Morgan fingerprint density at radius 2 is 2.15 bits per heavy atom. The van der Waals surface area contributed by atoms with Crippen molar-refractivity contribution in [2.24, 2.45) is 11.1 Å². The lowest BCUT2D eigenvalue weighted by atomic mass is 9.85. The van der Waals surface area contributed by atoms with Crippen LogP contribution in [0.2, 0.25) is 0 Å². The molecule has 0 bridgehead atoms. The van der Waals surface area contributed by atoms with Crippen molar-refractivity contribution in [3.63, 3.8) is 0 Å². The van der Waals surface area contributed by atoms with E-state index in [-0.39, 0.29) is 12.5 Å². The molecule has 1 heterocycles. The molecule has 0 radical (unpaired) electrons. The first-order valence-electron chi connectivity index (χ1n) is 9.77. The van der Waals surface area contributed by atoms with Crippen molar-refractivity contribution in [1.82, 2.24) is 4.98 Å². The second-order valence-electron chi connectivity index (χ2n) is 7.97. The Bertz CT molecular complexity index is 657. The Kier molecular flexibility index (Phi) is 6.33. The number of carboxylic acids is 1. The number of nitrogens with two attached hydrogens (primary N) is 1. The zero-order chi connectivity index (χ0) is 19.5. The number of rotatable bonds is 9. The van der Waals surface area contributed by atoms with Gasteiger partial charge in [-0.25, -0.2) is 4.79 Å². The summed E-state index contributed by atoms with van der Waals surface area (Å²) in [5, 5.41) is 20.2. The summed E-state index contributed by atoms with van der Waals surface area (Å²) < 4.78 is 6.11. The number of carbonyl (C=O) groups is 1. The van der Waals surface area contributed by atoms with Crippen molar-refractivity contribution in [2.75, 3.05) is 11.5 Å². The van der Waals surface area contributed by atoms with E-state index in [4.69, 9.17) is 10.5 Å². The molecule has 1 unspecified atom stereocenters. The summed E-state index contributed by atoms with van der Waals surface area (Å²) in [6.07, 6.45) is 8.99. The second kappa shape index (κ2) is 8.37. The van der Waals surface area contributed by atoms with Gasteiger partial charge in [-0.05, 0) is 55.8 Å². The molecule has 7 heteroatoms. The summed E-state index contributed by atoms with van der Waals surface area (Å²) >= 11 is 1.51. The van der Waals surface area contributed by atoms with E-state index >= 15 is 0 Å². The van der Waals surface area contributed by atoms with Crippen LogP contribution in [0.3, 0.4) is 0 Å². The molecule has 4 N–H and O–H groups in total. The van der Waals surface area contributed by atoms with Crippen molar-refractivity contribution in [1.29, 1.82) is 0 Å². The molecule has 0 amide bonds. The SMILES string of the molecule is CCSCC(N)[C@](O)(Cc1cc(OC2CCC3(CC2)CC3)ccn1)C(=O)O. The molecule has 1 aromatic rings. The van der Waals surface area contributed by atoms with Crippen molar-refractivity contribution >= 4 is 17.7 Å². The van der Waals surface area contributed by atoms with Crippen LogP contribution in [0, 0.1) is 5.41 Å².